The Hall–Kier alpha value is -0.810. The number of carbonyl (C=O) groups excluding carboxylic acids is 1. The molecule has 1 saturated heterocycles. The molecule has 17 heavy (non-hydrogen) atoms. The Balaban J connectivity index is 2.30. The number of hydrogen-bond donors (Lipinski definition) is 2. The lowest BCUT2D eigenvalue weighted by molar-refractivity contribution is 0.148. The maximum atomic E-state index is 11.7. The van der Waals surface area contributed by atoms with Gasteiger partial charge in [0.25, 0.3) is 0 Å². The number of hydrogen-bond acceptors (Lipinski definition) is 3. The second-order valence-electron chi connectivity index (χ2n) is 4.61. The van der Waals surface area contributed by atoms with Gasteiger partial charge in [-0.15, -0.1) is 0 Å². The van der Waals surface area contributed by atoms with Gasteiger partial charge >= 0.3 is 6.03 Å². The number of aliphatic hydroxyl groups excluding tert-OH is 1. The second kappa shape index (κ2) is 7.50. The van der Waals surface area contributed by atoms with E-state index in [0.29, 0.717) is 19.1 Å². The van der Waals surface area contributed by atoms with E-state index < -0.39 is 0 Å². The van der Waals surface area contributed by atoms with Gasteiger partial charge in [0, 0.05) is 26.2 Å². The van der Waals surface area contributed by atoms with Gasteiger partial charge in [0.1, 0.15) is 0 Å². The Kier molecular flexibility index (Phi) is 6.29. The van der Waals surface area contributed by atoms with Crippen LogP contribution < -0.4 is 5.32 Å². The molecule has 100 valence electrons. The van der Waals surface area contributed by atoms with Gasteiger partial charge in [-0.05, 0) is 25.9 Å². The second-order valence-corrected chi connectivity index (χ2v) is 4.61. The molecule has 0 aromatic heterocycles. The minimum Gasteiger partial charge on any atom is -0.395 e. The summed E-state index contributed by atoms with van der Waals surface area (Å²) < 4.78 is 0. The van der Waals surface area contributed by atoms with E-state index in [1.165, 1.54) is 17.7 Å². The van der Waals surface area contributed by atoms with Gasteiger partial charge in [-0.3, -0.25) is 4.90 Å². The van der Waals surface area contributed by atoms with Crippen molar-refractivity contribution in [2.24, 2.45) is 0 Å². The molecule has 1 fully saturated rings. The molecule has 0 saturated carbocycles. The monoisotopic (exact) mass is 243 g/mol. The van der Waals surface area contributed by atoms with Crippen molar-refractivity contribution in [3.05, 3.63) is 0 Å². The number of amides is 2. The summed E-state index contributed by atoms with van der Waals surface area (Å²) in [7, 11) is 1.70. The van der Waals surface area contributed by atoms with Gasteiger partial charge in [-0.1, -0.05) is 13.3 Å². The van der Waals surface area contributed by atoms with Gasteiger partial charge in [0.2, 0.25) is 0 Å². The van der Waals surface area contributed by atoms with Crippen LogP contribution in [0.5, 0.6) is 0 Å². The van der Waals surface area contributed by atoms with E-state index in [4.69, 9.17) is 5.11 Å². The fourth-order valence-electron chi connectivity index (χ4n) is 2.30. The van der Waals surface area contributed by atoms with Crippen LogP contribution >= 0.6 is 0 Å². The molecule has 1 aliphatic heterocycles. The zero-order chi connectivity index (χ0) is 12.7. The van der Waals surface area contributed by atoms with Crippen LogP contribution in [0.25, 0.3) is 0 Å². The molecule has 1 aliphatic rings. The molecule has 1 rings (SSSR count). The summed E-state index contributed by atoms with van der Waals surface area (Å²) in [5.74, 6) is 0. The fraction of sp³-hybridized carbons (Fsp3) is 0.917. The highest BCUT2D eigenvalue weighted by Gasteiger charge is 2.21. The van der Waals surface area contributed by atoms with Crippen molar-refractivity contribution in [2.45, 2.75) is 32.2 Å². The van der Waals surface area contributed by atoms with Crippen molar-refractivity contribution in [1.29, 1.82) is 0 Å². The molecule has 1 atom stereocenters. The SMILES string of the molecule is CCN1CCCCC1CNC(=O)N(C)CCO. The minimum absolute atomic E-state index is 0.00837. The lowest BCUT2D eigenvalue weighted by Crippen LogP contribution is -2.49. The Morgan fingerprint density at radius 1 is 1.53 bits per heavy atom. The first kappa shape index (κ1) is 14.3. The van der Waals surface area contributed by atoms with Gasteiger partial charge in [0.15, 0.2) is 0 Å². The molecule has 5 nitrogen and oxygen atoms in total. The van der Waals surface area contributed by atoms with Crippen LogP contribution in [-0.4, -0.2) is 66.8 Å². The van der Waals surface area contributed by atoms with E-state index in [2.05, 4.69) is 17.1 Å². The number of likely N-dealkylation sites (N-methyl/N-ethyl adjacent to an activating group) is 2. The van der Waals surface area contributed by atoms with Crippen LogP contribution in [0.3, 0.4) is 0 Å². The lowest BCUT2D eigenvalue weighted by Gasteiger charge is -2.35. The first-order valence-electron chi connectivity index (χ1n) is 6.53. The summed E-state index contributed by atoms with van der Waals surface area (Å²) in [6.07, 6.45) is 3.68. The van der Waals surface area contributed by atoms with E-state index in [1.807, 2.05) is 0 Å². The van der Waals surface area contributed by atoms with E-state index in [-0.39, 0.29) is 12.6 Å². The fourth-order valence-corrected chi connectivity index (χ4v) is 2.30. The molecule has 0 aromatic rings. The highest BCUT2D eigenvalue weighted by Crippen LogP contribution is 2.15. The Morgan fingerprint density at radius 2 is 2.29 bits per heavy atom. The maximum Gasteiger partial charge on any atom is 0.317 e. The summed E-state index contributed by atoms with van der Waals surface area (Å²) in [5.41, 5.74) is 0. The van der Waals surface area contributed by atoms with Crippen molar-refractivity contribution in [3.63, 3.8) is 0 Å². The Labute approximate surface area is 104 Å². The van der Waals surface area contributed by atoms with Crippen LogP contribution in [-0.2, 0) is 0 Å². The van der Waals surface area contributed by atoms with Crippen molar-refractivity contribution in [3.8, 4) is 0 Å². The molecule has 1 heterocycles. The van der Waals surface area contributed by atoms with Crippen molar-refractivity contribution >= 4 is 6.03 Å². The van der Waals surface area contributed by atoms with E-state index >= 15 is 0 Å². The van der Waals surface area contributed by atoms with Crippen LogP contribution in [0.15, 0.2) is 0 Å². The number of urea groups is 1. The number of nitrogens with zero attached hydrogens (tertiary/aromatic N) is 2. The average molecular weight is 243 g/mol. The quantitative estimate of drug-likeness (QED) is 0.739. The smallest absolute Gasteiger partial charge is 0.317 e. The summed E-state index contributed by atoms with van der Waals surface area (Å²) in [5, 5.41) is 11.7. The van der Waals surface area contributed by atoms with Crippen molar-refractivity contribution in [2.75, 3.05) is 39.8 Å². The molecular formula is C12H25N3O2. The molecular weight excluding hydrogens is 218 g/mol. The summed E-state index contributed by atoms with van der Waals surface area (Å²) in [6.45, 7) is 5.46. The normalized spacial score (nSPS) is 21.2. The van der Waals surface area contributed by atoms with Crippen LogP contribution in [0.4, 0.5) is 4.79 Å². The summed E-state index contributed by atoms with van der Waals surface area (Å²) in [4.78, 5) is 15.6. The molecule has 2 N–H and O–H groups in total. The zero-order valence-corrected chi connectivity index (χ0v) is 11.0. The molecule has 0 spiro atoms. The van der Waals surface area contributed by atoms with Gasteiger partial charge in [-0.2, -0.15) is 0 Å². The van der Waals surface area contributed by atoms with E-state index in [9.17, 15) is 4.79 Å². The number of rotatable bonds is 5. The first-order valence-corrected chi connectivity index (χ1v) is 6.53. The Bertz CT molecular complexity index is 236. The van der Waals surface area contributed by atoms with Gasteiger partial charge in [-0.25, -0.2) is 4.79 Å². The van der Waals surface area contributed by atoms with E-state index in [1.54, 1.807) is 7.05 Å². The number of piperidine rings is 1. The maximum absolute atomic E-state index is 11.7. The highest BCUT2D eigenvalue weighted by molar-refractivity contribution is 5.73. The molecule has 5 heteroatoms. The van der Waals surface area contributed by atoms with Crippen molar-refractivity contribution in [1.82, 2.24) is 15.1 Å². The molecule has 0 aromatic carbocycles. The van der Waals surface area contributed by atoms with Crippen molar-refractivity contribution < 1.29 is 9.90 Å². The number of likely N-dealkylation sites (tertiary alicyclic amines) is 1. The zero-order valence-electron chi connectivity index (χ0n) is 11.0. The third-order valence-corrected chi connectivity index (χ3v) is 3.43. The third kappa shape index (κ3) is 4.52. The molecule has 2 amide bonds. The average Bonchev–Trinajstić information content (AvgIpc) is 2.36. The van der Waals surface area contributed by atoms with Crippen LogP contribution in [0.2, 0.25) is 0 Å². The third-order valence-electron chi connectivity index (χ3n) is 3.43. The standard InChI is InChI=1S/C12H25N3O2/c1-3-15-7-5-4-6-11(15)10-13-12(17)14(2)8-9-16/h11,16H,3-10H2,1-2H3,(H,13,17). The number of nitrogens with one attached hydrogen (secondary N) is 1. The van der Waals surface area contributed by atoms with Gasteiger partial charge in [0.05, 0.1) is 6.61 Å². The molecule has 1 unspecified atom stereocenters. The number of aliphatic hydroxyl groups is 1. The molecule has 0 aliphatic carbocycles. The predicted molar refractivity (Wildman–Crippen MR) is 68.0 cm³/mol. The minimum atomic E-state index is -0.0966. The predicted octanol–water partition coefficient (Wildman–Crippen LogP) is 0.494. The largest absolute Gasteiger partial charge is 0.395 e. The summed E-state index contributed by atoms with van der Waals surface area (Å²) in [6, 6.07) is 0.376. The Morgan fingerprint density at radius 3 is 2.94 bits per heavy atom. The van der Waals surface area contributed by atoms with Crippen LogP contribution in [0, 0.1) is 0 Å². The topological polar surface area (TPSA) is 55.8 Å². The first-order chi connectivity index (χ1) is 8.19. The van der Waals surface area contributed by atoms with Crippen LogP contribution in [0.1, 0.15) is 26.2 Å². The lowest BCUT2D eigenvalue weighted by atomic mass is 10.0. The molecule has 0 radical (unpaired) electrons. The summed E-state index contributed by atoms with van der Waals surface area (Å²) >= 11 is 0. The van der Waals surface area contributed by atoms with E-state index in [0.717, 1.165) is 19.5 Å². The van der Waals surface area contributed by atoms with Gasteiger partial charge < -0.3 is 15.3 Å². The number of carbonyl (C=O) groups is 1. The molecule has 0 bridgehead atoms. The highest BCUT2D eigenvalue weighted by atomic mass is 16.3.